The van der Waals surface area contributed by atoms with Crippen LogP contribution in [0.1, 0.15) is 162 Å². The van der Waals surface area contributed by atoms with Gasteiger partial charge in [0.15, 0.2) is 0 Å². The third-order valence-corrected chi connectivity index (χ3v) is 16.9. The number of benzene rings is 2. The van der Waals surface area contributed by atoms with Crippen LogP contribution in [0.3, 0.4) is 0 Å². The summed E-state index contributed by atoms with van der Waals surface area (Å²) in [5.74, 6) is 1.94. The Morgan fingerprint density at radius 3 is 1.34 bits per heavy atom. The van der Waals surface area contributed by atoms with E-state index in [-0.39, 0.29) is 52.9 Å². The van der Waals surface area contributed by atoms with Crippen molar-refractivity contribution in [1.82, 2.24) is 0 Å². The molecule has 2 aromatic carbocycles. The molecule has 0 spiro atoms. The van der Waals surface area contributed by atoms with Gasteiger partial charge in [0.25, 0.3) is 12.6 Å². The molecular formula is C53H68O8. The average molecular weight is 833 g/mol. The molecule has 2 unspecified atom stereocenters. The maximum atomic E-state index is 13.0. The number of carbonyl (C=O) groups is 2. The fraction of sp³-hybridized carbons (Fsp3) is 0.585. The minimum absolute atomic E-state index is 0. The van der Waals surface area contributed by atoms with E-state index in [1.165, 1.54) is 25.7 Å². The molecule has 4 aliphatic carbocycles. The molecule has 0 radical (unpaired) electrons. The predicted octanol–water partition coefficient (Wildman–Crippen LogP) is 12.9. The van der Waals surface area contributed by atoms with Crippen LogP contribution in [0.15, 0.2) is 85.4 Å². The molecule has 0 bridgehead atoms. The molecule has 4 aliphatic heterocycles. The number of esters is 2. The zero-order chi connectivity index (χ0) is 42.6. The number of ether oxygens (including phenoxy) is 6. The van der Waals surface area contributed by atoms with Crippen molar-refractivity contribution in [2.75, 3.05) is 0 Å². The molecule has 4 heterocycles. The fourth-order valence-corrected chi connectivity index (χ4v) is 14.5. The van der Waals surface area contributed by atoms with Crippen LogP contribution in [0.5, 0.6) is 0 Å². The quantitative estimate of drug-likeness (QED) is 0.171. The molecule has 0 amide bonds. The van der Waals surface area contributed by atoms with E-state index in [0.717, 1.165) is 60.8 Å². The number of hydrogen-bond donors (Lipinski definition) is 0. The molecule has 10 atom stereocenters. The van der Waals surface area contributed by atoms with Gasteiger partial charge in [0.05, 0.1) is 23.7 Å². The second kappa shape index (κ2) is 14.8. The van der Waals surface area contributed by atoms with Crippen molar-refractivity contribution in [1.29, 1.82) is 0 Å². The maximum absolute atomic E-state index is 13.0. The monoisotopic (exact) mass is 832 g/mol. The van der Waals surface area contributed by atoms with E-state index < -0.39 is 23.8 Å². The standard InChI is InChI=1S/2C26H32O4.CH4/c2*1-16-17-9-6-7-10-18(17)23(29-16)28-15-19-21-25(4)13-8-12-24(2,3)20(25)11-14-26(21,5)30-22(19)27;/h2*6-7,9-10,15,20-21,23H,1,8,11-14H2,2-5H3;1H4/b2*19-15+;/t2*20-,21+,23?,25-,26+;/m10./s1. The third kappa shape index (κ3) is 6.75. The van der Waals surface area contributed by atoms with Crippen LogP contribution in [0.2, 0.25) is 0 Å². The van der Waals surface area contributed by atoms with Crippen LogP contribution >= 0.6 is 0 Å². The Kier molecular flexibility index (Phi) is 10.5. The second-order valence-electron chi connectivity index (χ2n) is 21.5. The van der Waals surface area contributed by atoms with Crippen LogP contribution in [-0.2, 0) is 38.0 Å². The van der Waals surface area contributed by atoms with Crippen molar-refractivity contribution in [3.8, 4) is 0 Å². The van der Waals surface area contributed by atoms with Gasteiger partial charge in [-0.1, -0.05) is 123 Å². The Balaban J connectivity index is 0.000000166. The molecule has 2 aromatic rings. The minimum Gasteiger partial charge on any atom is -0.458 e. The lowest BCUT2D eigenvalue weighted by molar-refractivity contribution is -0.165. The van der Waals surface area contributed by atoms with E-state index in [1.807, 2.05) is 48.5 Å². The molecule has 8 aliphatic rings. The van der Waals surface area contributed by atoms with Crippen LogP contribution < -0.4 is 0 Å². The first-order chi connectivity index (χ1) is 28.3. The van der Waals surface area contributed by atoms with Crippen LogP contribution in [0.4, 0.5) is 0 Å². The summed E-state index contributed by atoms with van der Waals surface area (Å²) in [6.45, 7) is 26.5. The second-order valence-corrected chi connectivity index (χ2v) is 21.5. The summed E-state index contributed by atoms with van der Waals surface area (Å²) in [4.78, 5) is 26.0. The first kappa shape index (κ1) is 43.2. The summed E-state index contributed by atoms with van der Waals surface area (Å²) in [6, 6.07) is 15.8. The van der Waals surface area contributed by atoms with Gasteiger partial charge in [-0.3, -0.25) is 0 Å². The Morgan fingerprint density at radius 1 is 0.574 bits per heavy atom. The van der Waals surface area contributed by atoms with E-state index in [4.69, 9.17) is 28.4 Å². The SMILES string of the molecule is C.C=C1OC(O/C=C2/C(=O)O[C@@]3(C)CC[C@@H]4C(C)(C)CCC[C@@]4(C)[C@H]23)c2ccccc21.C=C1OC(O/C=C2/C(=O)O[C@]3(C)CC[C@H]4C(C)(C)CCC[C@]4(C)[C@@H]23)c2ccccc21. The highest BCUT2D eigenvalue weighted by Crippen LogP contribution is 2.68. The molecule has 61 heavy (non-hydrogen) atoms. The largest absolute Gasteiger partial charge is 0.458 e. The van der Waals surface area contributed by atoms with Crippen molar-refractivity contribution in [2.24, 2.45) is 45.3 Å². The van der Waals surface area contributed by atoms with Crippen molar-refractivity contribution in [2.45, 2.75) is 151 Å². The van der Waals surface area contributed by atoms with Gasteiger partial charge in [-0.25, -0.2) is 9.59 Å². The highest BCUT2D eigenvalue weighted by molar-refractivity contribution is 5.93. The van der Waals surface area contributed by atoms with Crippen molar-refractivity contribution in [3.63, 3.8) is 0 Å². The summed E-state index contributed by atoms with van der Waals surface area (Å²) in [7, 11) is 0. The molecule has 8 nitrogen and oxygen atoms in total. The van der Waals surface area contributed by atoms with Crippen LogP contribution in [0, 0.1) is 45.3 Å². The van der Waals surface area contributed by atoms with E-state index in [0.29, 0.717) is 34.5 Å². The lowest BCUT2D eigenvalue weighted by Gasteiger charge is -2.59. The van der Waals surface area contributed by atoms with E-state index in [9.17, 15) is 9.59 Å². The topological polar surface area (TPSA) is 89.5 Å². The first-order valence-corrected chi connectivity index (χ1v) is 22.4. The van der Waals surface area contributed by atoms with Crippen molar-refractivity contribution in [3.05, 3.63) is 108 Å². The lowest BCUT2D eigenvalue weighted by Crippen LogP contribution is -2.56. The van der Waals surface area contributed by atoms with Gasteiger partial charge in [-0.15, -0.1) is 0 Å². The molecular weight excluding hydrogens is 765 g/mol. The summed E-state index contributed by atoms with van der Waals surface area (Å²) in [5.41, 5.74) is 4.82. The van der Waals surface area contributed by atoms with Crippen molar-refractivity contribution >= 4 is 23.5 Å². The molecule has 8 heteroatoms. The fourth-order valence-electron chi connectivity index (χ4n) is 14.5. The smallest absolute Gasteiger partial charge is 0.338 e. The van der Waals surface area contributed by atoms with Gasteiger partial charge in [0, 0.05) is 34.1 Å². The highest BCUT2D eigenvalue weighted by Gasteiger charge is 2.66. The van der Waals surface area contributed by atoms with Gasteiger partial charge in [0.1, 0.15) is 22.7 Å². The summed E-state index contributed by atoms with van der Waals surface area (Å²) in [6.07, 6.45) is 13.3. The van der Waals surface area contributed by atoms with Gasteiger partial charge in [0.2, 0.25) is 0 Å². The van der Waals surface area contributed by atoms with Gasteiger partial charge < -0.3 is 28.4 Å². The van der Waals surface area contributed by atoms with E-state index in [1.54, 1.807) is 12.5 Å². The first-order valence-electron chi connectivity index (χ1n) is 22.4. The molecule has 10 rings (SSSR count). The average Bonchev–Trinajstić information content (AvgIpc) is 3.85. The zero-order valence-corrected chi connectivity index (χ0v) is 37.0. The molecule has 328 valence electrons. The summed E-state index contributed by atoms with van der Waals surface area (Å²) >= 11 is 0. The van der Waals surface area contributed by atoms with Crippen LogP contribution in [-0.4, -0.2) is 23.1 Å². The number of hydrogen-bond acceptors (Lipinski definition) is 8. The Hall–Kier alpha value is -4.46. The summed E-state index contributed by atoms with van der Waals surface area (Å²) < 4.78 is 35.9. The van der Waals surface area contributed by atoms with E-state index >= 15 is 0 Å². The van der Waals surface area contributed by atoms with Crippen LogP contribution in [0.25, 0.3) is 11.5 Å². The van der Waals surface area contributed by atoms with Crippen molar-refractivity contribution < 1.29 is 38.0 Å². The normalized spacial score (nSPS) is 39.6. The molecule has 4 saturated carbocycles. The Morgan fingerprint density at radius 2 is 0.951 bits per heavy atom. The van der Waals surface area contributed by atoms with Gasteiger partial charge >= 0.3 is 11.9 Å². The number of rotatable bonds is 4. The molecule has 2 saturated heterocycles. The number of fused-ring (bicyclic) bond motifs is 8. The molecule has 0 aromatic heterocycles. The zero-order valence-electron chi connectivity index (χ0n) is 37.0. The van der Waals surface area contributed by atoms with E-state index in [2.05, 4.69) is 68.5 Å². The molecule has 6 fully saturated rings. The minimum atomic E-state index is -0.573. The highest BCUT2D eigenvalue weighted by atomic mass is 16.7. The predicted molar refractivity (Wildman–Crippen MR) is 237 cm³/mol. The number of carbonyl (C=O) groups excluding carboxylic acids is 2. The Bertz CT molecular complexity index is 2040. The lowest BCUT2D eigenvalue weighted by atomic mass is 9.45. The van der Waals surface area contributed by atoms with Gasteiger partial charge in [-0.2, -0.15) is 0 Å². The van der Waals surface area contributed by atoms with Gasteiger partial charge in [-0.05, 0) is 98.7 Å². The molecule has 0 N–H and O–H groups in total. The summed E-state index contributed by atoms with van der Waals surface area (Å²) in [5, 5.41) is 0. The maximum Gasteiger partial charge on any atom is 0.338 e. The third-order valence-electron chi connectivity index (χ3n) is 16.9. The Labute approximate surface area is 364 Å².